The van der Waals surface area contributed by atoms with Crippen molar-refractivity contribution in [2.45, 2.75) is 13.3 Å². The lowest BCUT2D eigenvalue weighted by Crippen LogP contribution is -2.51. The number of hydrogen-bond acceptors (Lipinski definition) is 3. The van der Waals surface area contributed by atoms with E-state index in [2.05, 4.69) is 5.10 Å². The Labute approximate surface area is 94.7 Å². The zero-order valence-electron chi connectivity index (χ0n) is 9.68. The summed E-state index contributed by atoms with van der Waals surface area (Å²) in [6.45, 7) is 3.48. The largest absolute Gasteiger partial charge is 0.396 e. The summed E-state index contributed by atoms with van der Waals surface area (Å²) in [6.07, 6.45) is 2.53. The van der Waals surface area contributed by atoms with Crippen molar-refractivity contribution in [1.82, 2.24) is 14.7 Å². The van der Waals surface area contributed by atoms with Crippen LogP contribution in [0.15, 0.2) is 6.20 Å². The number of likely N-dealkylation sites (tertiary alicyclic amines) is 1. The van der Waals surface area contributed by atoms with E-state index in [-0.39, 0.29) is 18.4 Å². The molecule has 1 N–H and O–H groups in total. The number of aliphatic hydroxyl groups excluding tert-OH is 1. The number of aryl methyl sites for hydroxylation is 2. The molecule has 1 fully saturated rings. The first-order valence-electron chi connectivity index (χ1n) is 5.58. The summed E-state index contributed by atoms with van der Waals surface area (Å²) in [4.78, 5) is 13.8. The highest BCUT2D eigenvalue weighted by Crippen LogP contribution is 2.19. The van der Waals surface area contributed by atoms with Gasteiger partial charge < -0.3 is 10.0 Å². The van der Waals surface area contributed by atoms with Crippen LogP contribution in [0.1, 0.15) is 23.0 Å². The number of carbonyl (C=O) groups excluding carboxylic acids is 1. The summed E-state index contributed by atoms with van der Waals surface area (Å²) in [7, 11) is 1.82. The molecular weight excluding hydrogens is 206 g/mol. The highest BCUT2D eigenvalue weighted by molar-refractivity contribution is 5.95. The van der Waals surface area contributed by atoms with Gasteiger partial charge in [-0.3, -0.25) is 9.48 Å². The third-order valence-corrected chi connectivity index (χ3v) is 2.97. The monoisotopic (exact) mass is 223 g/mol. The van der Waals surface area contributed by atoms with Gasteiger partial charge in [0.05, 0.1) is 11.3 Å². The molecule has 0 bridgehead atoms. The molecule has 16 heavy (non-hydrogen) atoms. The van der Waals surface area contributed by atoms with Gasteiger partial charge in [-0.2, -0.15) is 5.10 Å². The van der Waals surface area contributed by atoms with Gasteiger partial charge in [-0.15, -0.1) is 0 Å². The number of nitrogens with zero attached hydrogens (tertiary/aromatic N) is 3. The molecular formula is C11H17N3O2. The van der Waals surface area contributed by atoms with Gasteiger partial charge in [0.2, 0.25) is 0 Å². The van der Waals surface area contributed by atoms with Crippen LogP contribution in [0.3, 0.4) is 0 Å². The van der Waals surface area contributed by atoms with Gasteiger partial charge in [0.25, 0.3) is 5.91 Å². The van der Waals surface area contributed by atoms with Gasteiger partial charge in [0, 0.05) is 38.9 Å². The second kappa shape index (κ2) is 4.25. The number of carbonyl (C=O) groups is 1. The standard InChI is InChI=1S/C11H17N3O2/c1-3-10-9(6-13(2)12-10)11(16)14-4-8(5-14)7-15/h6,8,15H,3-5,7H2,1-2H3. The third kappa shape index (κ3) is 1.82. The van der Waals surface area contributed by atoms with Crippen molar-refractivity contribution in [3.05, 3.63) is 17.5 Å². The normalized spacial score (nSPS) is 16.3. The quantitative estimate of drug-likeness (QED) is 0.787. The Morgan fingerprint density at radius 1 is 1.62 bits per heavy atom. The average molecular weight is 223 g/mol. The summed E-state index contributed by atoms with van der Waals surface area (Å²) in [5, 5.41) is 13.2. The van der Waals surface area contributed by atoms with E-state index in [1.54, 1.807) is 15.8 Å². The lowest BCUT2D eigenvalue weighted by molar-refractivity contribution is 0.0361. The van der Waals surface area contributed by atoms with Gasteiger partial charge in [-0.05, 0) is 6.42 Å². The summed E-state index contributed by atoms with van der Waals surface area (Å²) in [5.74, 6) is 0.292. The predicted octanol–water partition coefficient (Wildman–Crippen LogP) is 0.0468. The minimum absolute atomic E-state index is 0.0367. The Balaban J connectivity index is 2.09. The zero-order valence-corrected chi connectivity index (χ0v) is 9.68. The van der Waals surface area contributed by atoms with E-state index in [1.165, 1.54) is 0 Å². The maximum atomic E-state index is 12.1. The van der Waals surface area contributed by atoms with Crippen molar-refractivity contribution >= 4 is 5.91 Å². The van der Waals surface area contributed by atoms with Gasteiger partial charge in [0.15, 0.2) is 0 Å². The summed E-state index contributed by atoms with van der Waals surface area (Å²) in [6, 6.07) is 0. The van der Waals surface area contributed by atoms with E-state index in [9.17, 15) is 4.79 Å². The summed E-state index contributed by atoms with van der Waals surface area (Å²) in [5.41, 5.74) is 1.54. The molecule has 2 rings (SSSR count). The molecule has 1 aromatic rings. The minimum atomic E-state index is 0.0367. The molecule has 1 aromatic heterocycles. The van der Waals surface area contributed by atoms with Crippen LogP contribution in [-0.4, -0.2) is 45.4 Å². The van der Waals surface area contributed by atoms with E-state index in [1.807, 2.05) is 14.0 Å². The summed E-state index contributed by atoms with van der Waals surface area (Å²) < 4.78 is 1.68. The fourth-order valence-electron chi connectivity index (χ4n) is 2.00. The van der Waals surface area contributed by atoms with Gasteiger partial charge in [0.1, 0.15) is 0 Å². The number of hydrogen-bond donors (Lipinski definition) is 1. The summed E-state index contributed by atoms with van der Waals surface area (Å²) >= 11 is 0. The maximum absolute atomic E-state index is 12.1. The van der Waals surface area contributed by atoms with Crippen LogP contribution in [0.2, 0.25) is 0 Å². The molecule has 88 valence electrons. The molecule has 0 saturated carbocycles. The van der Waals surface area contributed by atoms with Crippen molar-refractivity contribution in [3.63, 3.8) is 0 Å². The molecule has 5 heteroatoms. The van der Waals surface area contributed by atoms with E-state index < -0.39 is 0 Å². The molecule has 0 radical (unpaired) electrons. The van der Waals surface area contributed by atoms with Crippen LogP contribution in [0.5, 0.6) is 0 Å². The van der Waals surface area contributed by atoms with Crippen molar-refractivity contribution in [1.29, 1.82) is 0 Å². The van der Waals surface area contributed by atoms with Crippen LogP contribution >= 0.6 is 0 Å². The lowest BCUT2D eigenvalue weighted by Gasteiger charge is -2.38. The molecule has 0 aliphatic carbocycles. The van der Waals surface area contributed by atoms with E-state index in [0.29, 0.717) is 18.7 Å². The molecule has 1 saturated heterocycles. The van der Waals surface area contributed by atoms with Crippen molar-refractivity contribution in [3.8, 4) is 0 Å². The topological polar surface area (TPSA) is 58.4 Å². The van der Waals surface area contributed by atoms with Gasteiger partial charge >= 0.3 is 0 Å². The smallest absolute Gasteiger partial charge is 0.257 e. The Morgan fingerprint density at radius 2 is 2.31 bits per heavy atom. The van der Waals surface area contributed by atoms with Gasteiger partial charge in [-0.25, -0.2) is 0 Å². The Morgan fingerprint density at radius 3 is 2.88 bits per heavy atom. The van der Waals surface area contributed by atoms with E-state index in [4.69, 9.17) is 5.11 Å². The molecule has 5 nitrogen and oxygen atoms in total. The molecule has 0 atom stereocenters. The van der Waals surface area contributed by atoms with Crippen LogP contribution in [0.4, 0.5) is 0 Å². The number of aromatic nitrogens is 2. The second-order valence-electron chi connectivity index (χ2n) is 4.28. The van der Waals surface area contributed by atoms with Crippen molar-refractivity contribution in [2.75, 3.05) is 19.7 Å². The van der Waals surface area contributed by atoms with Gasteiger partial charge in [-0.1, -0.05) is 6.92 Å². The van der Waals surface area contributed by atoms with Crippen molar-refractivity contribution < 1.29 is 9.90 Å². The SMILES string of the molecule is CCc1nn(C)cc1C(=O)N1CC(CO)C1. The second-order valence-corrected chi connectivity index (χ2v) is 4.28. The fraction of sp³-hybridized carbons (Fsp3) is 0.636. The minimum Gasteiger partial charge on any atom is -0.396 e. The van der Waals surface area contributed by atoms with Crippen LogP contribution in [0, 0.1) is 5.92 Å². The molecule has 1 aliphatic heterocycles. The molecule has 1 amide bonds. The third-order valence-electron chi connectivity index (χ3n) is 2.97. The highest BCUT2D eigenvalue weighted by Gasteiger charge is 2.32. The number of aliphatic hydroxyl groups is 1. The van der Waals surface area contributed by atoms with Crippen LogP contribution in [-0.2, 0) is 13.5 Å². The first-order chi connectivity index (χ1) is 7.65. The Hall–Kier alpha value is -1.36. The molecule has 1 aliphatic rings. The molecule has 0 unspecified atom stereocenters. The Kier molecular flexibility index (Phi) is 2.96. The molecule has 0 aromatic carbocycles. The maximum Gasteiger partial charge on any atom is 0.257 e. The molecule has 2 heterocycles. The molecule has 0 spiro atoms. The lowest BCUT2D eigenvalue weighted by atomic mass is 10.00. The fourth-order valence-corrected chi connectivity index (χ4v) is 2.00. The number of amides is 1. The zero-order chi connectivity index (χ0) is 11.7. The first kappa shape index (κ1) is 11.1. The number of rotatable bonds is 3. The van der Waals surface area contributed by atoms with Crippen LogP contribution in [0.25, 0.3) is 0 Å². The van der Waals surface area contributed by atoms with Crippen LogP contribution < -0.4 is 0 Å². The first-order valence-corrected chi connectivity index (χ1v) is 5.58. The Bertz CT molecular complexity index is 394. The average Bonchev–Trinajstić information content (AvgIpc) is 2.57. The van der Waals surface area contributed by atoms with E-state index in [0.717, 1.165) is 12.1 Å². The van der Waals surface area contributed by atoms with E-state index >= 15 is 0 Å². The van der Waals surface area contributed by atoms with Crippen molar-refractivity contribution in [2.24, 2.45) is 13.0 Å². The highest BCUT2D eigenvalue weighted by atomic mass is 16.3. The predicted molar refractivity (Wildman–Crippen MR) is 59.1 cm³/mol.